The van der Waals surface area contributed by atoms with E-state index in [2.05, 4.69) is 20.3 Å². The number of anilines is 1. The maximum Gasteiger partial charge on any atom is 0.420 e. The Kier molecular flexibility index (Phi) is 9.95. The smallest absolute Gasteiger partial charge is 0.353 e. The molecule has 0 aliphatic carbocycles. The van der Waals surface area contributed by atoms with Crippen LogP contribution >= 0.6 is 34.7 Å². The molecule has 38 heavy (non-hydrogen) atoms. The minimum atomic E-state index is -4.66. The van der Waals surface area contributed by atoms with Gasteiger partial charge in [-0.3, -0.25) is 14.0 Å². The lowest BCUT2D eigenvalue weighted by Gasteiger charge is -2.19. The molecule has 0 aliphatic rings. The minimum absolute atomic E-state index is 0.0668. The number of thiophene rings is 1. The van der Waals surface area contributed by atoms with E-state index < -0.39 is 40.0 Å². The predicted molar refractivity (Wildman–Crippen MR) is 138 cm³/mol. The van der Waals surface area contributed by atoms with Crippen molar-refractivity contribution in [3.63, 3.8) is 0 Å². The lowest BCUT2D eigenvalue weighted by atomic mass is 10.2. The normalized spacial score (nSPS) is 11.7. The molecule has 0 fully saturated rings. The number of alkyl halides is 3. The molecule has 3 N–H and O–H groups in total. The fraction of sp³-hybridized carbons (Fsp3) is 0.227. The number of nitrogens with zero attached hydrogens (tertiary/aromatic N) is 2. The summed E-state index contributed by atoms with van der Waals surface area (Å²) in [6, 6.07) is 11.1. The number of pyridine rings is 1. The summed E-state index contributed by atoms with van der Waals surface area (Å²) in [7, 11) is -4.03. The molecule has 0 radical (unpaired) electrons. The van der Waals surface area contributed by atoms with Gasteiger partial charge >= 0.3 is 6.18 Å². The number of nitrogens with one attached hydrogen (secondary N) is 3. The molecule has 0 aliphatic heterocycles. The van der Waals surface area contributed by atoms with Crippen molar-refractivity contribution in [1.82, 2.24) is 20.3 Å². The standard InChI is InChI=1S/C22H20Cl2F3N5O4S2/c23-15-5-3-14(4-6-15)21(34)30-12-16-7-8-19(37-16)38(35,36)31-13-18(33)28-10-11-32(24)20-17(22(25,26)27)2-1-9-29-20/h1-9,31H,10-13H2,(H,28,33)(H,30,34). The first-order chi connectivity index (χ1) is 17.9. The molecule has 2 heterocycles. The highest BCUT2D eigenvalue weighted by atomic mass is 35.5. The second kappa shape index (κ2) is 12.8. The maximum atomic E-state index is 13.1. The monoisotopic (exact) mass is 609 g/mol. The fourth-order valence-electron chi connectivity index (χ4n) is 2.97. The van der Waals surface area contributed by atoms with Gasteiger partial charge in [0.1, 0.15) is 4.21 Å². The number of halogens is 5. The van der Waals surface area contributed by atoms with Gasteiger partial charge in [0.15, 0.2) is 5.82 Å². The number of aromatic nitrogens is 1. The summed E-state index contributed by atoms with van der Waals surface area (Å²) in [6.07, 6.45) is -3.51. The van der Waals surface area contributed by atoms with E-state index in [0.29, 0.717) is 19.9 Å². The molecule has 9 nitrogen and oxygen atoms in total. The fourth-order valence-corrected chi connectivity index (χ4v) is 5.64. The number of carbonyl (C=O) groups excluding carboxylic acids is 2. The largest absolute Gasteiger partial charge is 0.420 e. The third-order valence-corrected chi connectivity index (χ3v) is 8.37. The van der Waals surface area contributed by atoms with Gasteiger partial charge in [0.05, 0.1) is 25.2 Å². The predicted octanol–water partition coefficient (Wildman–Crippen LogP) is 3.80. The van der Waals surface area contributed by atoms with Crippen LogP contribution in [0.25, 0.3) is 0 Å². The van der Waals surface area contributed by atoms with Crippen LogP contribution in [-0.4, -0.2) is 44.9 Å². The van der Waals surface area contributed by atoms with Crippen LogP contribution in [0, 0.1) is 0 Å². The van der Waals surface area contributed by atoms with Crippen LogP contribution in [-0.2, 0) is 27.5 Å². The second-order valence-corrected chi connectivity index (χ2v) is 11.5. The number of hydrogen-bond donors (Lipinski definition) is 3. The molecule has 0 saturated heterocycles. The van der Waals surface area contributed by atoms with Gasteiger partial charge in [-0.25, -0.2) is 18.1 Å². The second-order valence-electron chi connectivity index (χ2n) is 7.54. The third-order valence-electron chi connectivity index (χ3n) is 4.81. The van der Waals surface area contributed by atoms with Gasteiger partial charge < -0.3 is 10.6 Å². The lowest BCUT2D eigenvalue weighted by Crippen LogP contribution is -2.39. The summed E-state index contributed by atoms with van der Waals surface area (Å²) in [5, 5.41) is 5.53. The van der Waals surface area contributed by atoms with E-state index in [1.165, 1.54) is 12.1 Å². The van der Waals surface area contributed by atoms with E-state index >= 15 is 0 Å². The van der Waals surface area contributed by atoms with Crippen LogP contribution in [0.3, 0.4) is 0 Å². The SMILES string of the molecule is O=C(CNS(=O)(=O)c1ccc(CNC(=O)c2ccc(Cl)cc2)s1)NCCN(Cl)c1ncccc1C(F)(F)F. The zero-order valence-corrected chi connectivity index (χ0v) is 22.4. The first-order valence-electron chi connectivity index (χ1n) is 10.7. The van der Waals surface area contributed by atoms with E-state index in [-0.39, 0.29) is 29.8 Å². The molecule has 2 amide bonds. The van der Waals surface area contributed by atoms with Crippen molar-refractivity contribution in [2.75, 3.05) is 24.1 Å². The summed E-state index contributed by atoms with van der Waals surface area (Å²) in [5.41, 5.74) is -0.640. The Morgan fingerprint density at radius 3 is 2.45 bits per heavy atom. The van der Waals surface area contributed by atoms with E-state index in [1.807, 2.05) is 0 Å². The van der Waals surface area contributed by atoms with Crippen LogP contribution in [0.1, 0.15) is 20.8 Å². The average molecular weight is 610 g/mol. The number of benzene rings is 1. The lowest BCUT2D eigenvalue weighted by molar-refractivity contribution is -0.137. The summed E-state index contributed by atoms with van der Waals surface area (Å²) >= 11 is 12.6. The van der Waals surface area contributed by atoms with Gasteiger partial charge in [0, 0.05) is 40.0 Å². The molecule has 2 aromatic heterocycles. The topological polar surface area (TPSA) is 120 Å². The Hall–Kier alpha value is -2.91. The van der Waals surface area contributed by atoms with Crippen molar-refractivity contribution in [3.05, 3.63) is 75.8 Å². The molecule has 0 saturated carbocycles. The van der Waals surface area contributed by atoms with Crippen LogP contribution in [0.4, 0.5) is 19.0 Å². The summed E-state index contributed by atoms with van der Waals surface area (Å²) < 4.78 is 67.1. The molecule has 0 bridgehead atoms. The zero-order chi connectivity index (χ0) is 27.9. The molecule has 0 atom stereocenters. The highest BCUT2D eigenvalue weighted by Crippen LogP contribution is 2.35. The Bertz CT molecular complexity index is 1390. The molecule has 3 aromatic rings. The van der Waals surface area contributed by atoms with Crippen molar-refractivity contribution in [2.24, 2.45) is 0 Å². The summed E-state index contributed by atoms with van der Waals surface area (Å²) in [6.45, 7) is -0.920. The van der Waals surface area contributed by atoms with Gasteiger partial charge in [-0.2, -0.15) is 13.2 Å². The number of hydrogen-bond acceptors (Lipinski definition) is 7. The molecule has 3 rings (SSSR count). The molecular formula is C22H20Cl2F3N5O4S2. The van der Waals surface area contributed by atoms with Gasteiger partial charge in [-0.1, -0.05) is 11.6 Å². The average Bonchev–Trinajstić information content (AvgIpc) is 3.36. The van der Waals surface area contributed by atoms with Crippen molar-refractivity contribution in [2.45, 2.75) is 16.9 Å². The van der Waals surface area contributed by atoms with E-state index in [1.54, 1.807) is 24.3 Å². The van der Waals surface area contributed by atoms with E-state index in [9.17, 15) is 31.2 Å². The molecule has 204 valence electrons. The van der Waals surface area contributed by atoms with Gasteiger partial charge in [-0.05, 0) is 48.5 Å². The zero-order valence-electron chi connectivity index (χ0n) is 19.3. The quantitative estimate of drug-likeness (QED) is 0.284. The summed E-state index contributed by atoms with van der Waals surface area (Å²) in [4.78, 5) is 28.4. The Morgan fingerprint density at radius 1 is 1.05 bits per heavy atom. The molecule has 0 unspecified atom stereocenters. The number of amides is 2. The van der Waals surface area contributed by atoms with Crippen LogP contribution < -0.4 is 19.8 Å². The van der Waals surface area contributed by atoms with Crippen LogP contribution in [0.15, 0.2) is 58.9 Å². The van der Waals surface area contributed by atoms with Crippen molar-refractivity contribution >= 4 is 62.4 Å². The first kappa shape index (κ1) is 29.6. The minimum Gasteiger partial charge on any atom is -0.353 e. The molecular weight excluding hydrogens is 590 g/mol. The van der Waals surface area contributed by atoms with Crippen molar-refractivity contribution in [3.8, 4) is 0 Å². The van der Waals surface area contributed by atoms with Gasteiger partial charge in [0.25, 0.3) is 15.9 Å². The highest BCUT2D eigenvalue weighted by molar-refractivity contribution is 7.91. The van der Waals surface area contributed by atoms with E-state index in [0.717, 1.165) is 29.7 Å². The van der Waals surface area contributed by atoms with Gasteiger partial charge in [-0.15, -0.1) is 11.3 Å². The Morgan fingerprint density at radius 2 is 1.76 bits per heavy atom. The number of sulfonamides is 1. The number of carbonyl (C=O) groups is 2. The highest BCUT2D eigenvalue weighted by Gasteiger charge is 2.35. The van der Waals surface area contributed by atoms with Crippen molar-refractivity contribution in [1.29, 1.82) is 0 Å². The Balaban J connectivity index is 1.45. The molecule has 16 heteroatoms. The molecule has 1 aromatic carbocycles. The maximum absolute atomic E-state index is 13.1. The molecule has 0 spiro atoms. The summed E-state index contributed by atoms with van der Waals surface area (Å²) in [5.74, 6) is -1.60. The number of rotatable bonds is 11. The van der Waals surface area contributed by atoms with E-state index in [4.69, 9.17) is 23.4 Å². The van der Waals surface area contributed by atoms with Crippen LogP contribution in [0.5, 0.6) is 0 Å². The van der Waals surface area contributed by atoms with Crippen molar-refractivity contribution < 1.29 is 31.2 Å². The Labute approximate surface area is 230 Å². The third kappa shape index (κ3) is 8.30. The first-order valence-corrected chi connectivity index (χ1v) is 13.7. The van der Waals surface area contributed by atoms with Crippen LogP contribution in [0.2, 0.25) is 5.02 Å². The van der Waals surface area contributed by atoms with Gasteiger partial charge in [0.2, 0.25) is 5.91 Å².